The molecule has 0 aliphatic carbocycles. The summed E-state index contributed by atoms with van der Waals surface area (Å²) in [6, 6.07) is 11.8. The predicted octanol–water partition coefficient (Wildman–Crippen LogP) is 4.34. The van der Waals surface area contributed by atoms with Gasteiger partial charge in [-0.1, -0.05) is 18.7 Å². The molecule has 3 heterocycles. The summed E-state index contributed by atoms with van der Waals surface area (Å²) in [6.07, 6.45) is 2.07. The van der Waals surface area contributed by atoms with Gasteiger partial charge in [-0.15, -0.1) is 0 Å². The Morgan fingerprint density at radius 1 is 1.21 bits per heavy atom. The summed E-state index contributed by atoms with van der Waals surface area (Å²) >= 11 is 0. The molecular weight excluding hydrogens is 430 g/mol. The van der Waals surface area contributed by atoms with E-state index in [2.05, 4.69) is 28.7 Å². The Balaban J connectivity index is 1.72. The highest BCUT2D eigenvalue weighted by molar-refractivity contribution is 6.11. The smallest absolute Gasteiger partial charge is 0.259 e. The number of nitrogens with zero attached hydrogens (tertiary/aromatic N) is 2. The maximum Gasteiger partial charge on any atom is 0.259 e. The molecule has 0 saturated carbocycles. The highest BCUT2D eigenvalue weighted by Gasteiger charge is 2.41. The second-order valence-corrected chi connectivity index (χ2v) is 8.91. The van der Waals surface area contributed by atoms with Gasteiger partial charge in [-0.3, -0.25) is 14.5 Å². The number of imide groups is 1. The Hall–Kier alpha value is -4.00. The topological polar surface area (TPSA) is 72.8 Å². The first-order valence-corrected chi connectivity index (χ1v) is 11.2. The van der Waals surface area contributed by atoms with Crippen molar-refractivity contribution in [3.05, 3.63) is 77.1 Å². The van der Waals surface area contributed by atoms with Crippen LogP contribution in [0.25, 0.3) is 10.9 Å². The van der Waals surface area contributed by atoms with Gasteiger partial charge in [-0.05, 0) is 47.9 Å². The van der Waals surface area contributed by atoms with E-state index in [4.69, 9.17) is 9.47 Å². The zero-order valence-corrected chi connectivity index (χ0v) is 19.8. The van der Waals surface area contributed by atoms with Crippen molar-refractivity contribution < 1.29 is 19.1 Å². The van der Waals surface area contributed by atoms with Crippen molar-refractivity contribution >= 4 is 28.4 Å². The number of benzene rings is 2. The Labute approximate surface area is 198 Å². The molecule has 1 aromatic heterocycles. The van der Waals surface area contributed by atoms with Crippen LogP contribution < -0.4 is 14.8 Å². The molecule has 1 N–H and O–H groups in total. The summed E-state index contributed by atoms with van der Waals surface area (Å²) < 4.78 is 13.6. The summed E-state index contributed by atoms with van der Waals surface area (Å²) in [5.41, 5.74) is 6.11. The van der Waals surface area contributed by atoms with Crippen molar-refractivity contribution in [2.24, 2.45) is 7.05 Å². The largest absolute Gasteiger partial charge is 0.493 e. The van der Waals surface area contributed by atoms with Gasteiger partial charge in [0.05, 0.1) is 24.7 Å². The van der Waals surface area contributed by atoms with E-state index in [9.17, 15) is 9.59 Å². The molecule has 2 aromatic carbocycles. The minimum Gasteiger partial charge on any atom is -0.493 e. The zero-order valence-electron chi connectivity index (χ0n) is 19.8. The molecule has 174 valence electrons. The minimum absolute atomic E-state index is 0.226. The molecule has 3 aromatic rings. The molecule has 0 radical (unpaired) electrons. The lowest BCUT2D eigenvalue weighted by Crippen LogP contribution is -2.33. The van der Waals surface area contributed by atoms with Crippen LogP contribution in [0.4, 0.5) is 5.69 Å². The molecular formula is C27H27N3O4. The maximum absolute atomic E-state index is 13.5. The van der Waals surface area contributed by atoms with Gasteiger partial charge in [0.15, 0.2) is 11.5 Å². The van der Waals surface area contributed by atoms with Gasteiger partial charge < -0.3 is 19.4 Å². The first-order chi connectivity index (χ1) is 16.3. The Bertz CT molecular complexity index is 1400. The van der Waals surface area contributed by atoms with Gasteiger partial charge in [-0.25, -0.2) is 0 Å². The number of ether oxygens (including phenoxy) is 2. The highest BCUT2D eigenvalue weighted by atomic mass is 16.5. The van der Waals surface area contributed by atoms with Crippen LogP contribution in [0.1, 0.15) is 30.9 Å². The van der Waals surface area contributed by atoms with Crippen molar-refractivity contribution in [2.75, 3.05) is 25.6 Å². The van der Waals surface area contributed by atoms with Crippen molar-refractivity contribution in [2.45, 2.75) is 19.8 Å². The van der Waals surface area contributed by atoms with Crippen LogP contribution in [0.2, 0.25) is 0 Å². The lowest BCUT2D eigenvalue weighted by molar-refractivity contribution is -0.139. The zero-order chi connectivity index (χ0) is 24.1. The second-order valence-electron chi connectivity index (χ2n) is 8.91. The number of hydrogen-bond donors (Lipinski definition) is 1. The van der Waals surface area contributed by atoms with Crippen molar-refractivity contribution in [3.63, 3.8) is 0 Å². The normalized spacial score (nSPS) is 16.9. The number of anilines is 1. The van der Waals surface area contributed by atoms with Crippen LogP contribution >= 0.6 is 0 Å². The van der Waals surface area contributed by atoms with Gasteiger partial charge in [0.25, 0.3) is 5.91 Å². The summed E-state index contributed by atoms with van der Waals surface area (Å²) in [4.78, 5) is 27.1. The standard InChI is InChI=1S/C27H27N3O4/c1-15(2)14-34-22-10-9-17(11-23(22)33-5)24-18-12-29(4)21-8-6-7-19(25(18)21)28-20-13-30(16(3)31)27(32)26(20)24/h6-12,24,28H,1,13-14H2,2-5H3/t24-/m0/s1. The molecule has 0 spiro atoms. The average molecular weight is 458 g/mol. The van der Waals surface area contributed by atoms with E-state index in [0.29, 0.717) is 23.7 Å². The third kappa shape index (κ3) is 3.36. The maximum atomic E-state index is 13.5. The molecule has 0 saturated heterocycles. The first-order valence-electron chi connectivity index (χ1n) is 11.2. The van der Waals surface area contributed by atoms with E-state index in [0.717, 1.165) is 39.0 Å². The van der Waals surface area contributed by atoms with E-state index in [1.807, 2.05) is 44.3 Å². The Kier molecular flexibility index (Phi) is 5.20. The lowest BCUT2D eigenvalue weighted by Gasteiger charge is -2.21. The van der Waals surface area contributed by atoms with Gasteiger partial charge >= 0.3 is 0 Å². The van der Waals surface area contributed by atoms with E-state index >= 15 is 0 Å². The van der Waals surface area contributed by atoms with Gasteiger partial charge in [-0.2, -0.15) is 0 Å². The molecule has 7 heteroatoms. The van der Waals surface area contributed by atoms with Gasteiger partial charge in [0.2, 0.25) is 5.91 Å². The fourth-order valence-electron chi connectivity index (χ4n) is 4.90. The summed E-state index contributed by atoms with van der Waals surface area (Å²) in [5.74, 6) is 0.262. The second kappa shape index (κ2) is 8.09. The number of amides is 2. The Morgan fingerprint density at radius 2 is 2.00 bits per heavy atom. The number of aromatic nitrogens is 1. The number of hydrogen-bond acceptors (Lipinski definition) is 5. The monoisotopic (exact) mass is 457 g/mol. The Morgan fingerprint density at radius 3 is 2.71 bits per heavy atom. The molecule has 0 bridgehead atoms. The summed E-state index contributed by atoms with van der Waals surface area (Å²) in [7, 11) is 3.59. The molecule has 0 fully saturated rings. The summed E-state index contributed by atoms with van der Waals surface area (Å²) in [5, 5.41) is 4.54. The molecule has 2 aliphatic heterocycles. The first kappa shape index (κ1) is 21.8. The molecule has 34 heavy (non-hydrogen) atoms. The quantitative estimate of drug-likeness (QED) is 0.577. The minimum atomic E-state index is -0.379. The van der Waals surface area contributed by atoms with Crippen LogP contribution in [0.5, 0.6) is 11.5 Å². The number of carbonyl (C=O) groups is 2. The fourth-order valence-corrected chi connectivity index (χ4v) is 4.90. The van der Waals surface area contributed by atoms with E-state index in [1.54, 1.807) is 7.11 Å². The van der Waals surface area contributed by atoms with E-state index in [1.165, 1.54) is 11.8 Å². The number of carbonyl (C=O) groups excluding carboxylic acids is 2. The number of aryl methyl sites for hydroxylation is 1. The third-order valence-electron chi connectivity index (χ3n) is 6.42. The van der Waals surface area contributed by atoms with Crippen LogP contribution in [0, 0.1) is 0 Å². The van der Waals surface area contributed by atoms with Crippen LogP contribution in [0.3, 0.4) is 0 Å². The van der Waals surface area contributed by atoms with Crippen LogP contribution in [-0.2, 0) is 16.6 Å². The molecule has 7 nitrogen and oxygen atoms in total. The molecule has 1 atom stereocenters. The third-order valence-corrected chi connectivity index (χ3v) is 6.42. The molecule has 2 aliphatic rings. The number of methoxy groups -OCH3 is 1. The van der Waals surface area contributed by atoms with Gasteiger partial charge in [0.1, 0.15) is 6.61 Å². The van der Waals surface area contributed by atoms with Gasteiger partial charge in [0, 0.05) is 42.9 Å². The molecule has 5 rings (SSSR count). The fraction of sp³-hybridized carbons (Fsp3) is 0.259. The number of rotatable bonds is 5. The van der Waals surface area contributed by atoms with Crippen molar-refractivity contribution in [1.29, 1.82) is 0 Å². The SMILES string of the molecule is C=C(C)COc1ccc([C@@H]2C3=C(CN(C(C)=O)C3=O)Nc3cccc4c3c2cn4C)cc1OC. The van der Waals surface area contributed by atoms with Crippen molar-refractivity contribution in [3.8, 4) is 11.5 Å². The highest BCUT2D eigenvalue weighted by Crippen LogP contribution is 2.47. The van der Waals surface area contributed by atoms with E-state index < -0.39 is 0 Å². The number of nitrogens with one attached hydrogen (secondary N) is 1. The molecule has 0 unspecified atom stereocenters. The summed E-state index contributed by atoms with van der Waals surface area (Å²) in [6.45, 7) is 7.82. The predicted molar refractivity (Wildman–Crippen MR) is 131 cm³/mol. The average Bonchev–Trinajstić information content (AvgIpc) is 3.26. The molecule has 2 amide bonds. The van der Waals surface area contributed by atoms with Crippen LogP contribution in [0.15, 0.2) is 66.0 Å². The van der Waals surface area contributed by atoms with Crippen molar-refractivity contribution in [1.82, 2.24) is 9.47 Å². The van der Waals surface area contributed by atoms with Crippen LogP contribution in [-0.4, -0.2) is 41.5 Å². The lowest BCUT2D eigenvalue weighted by atomic mass is 9.84. The van der Waals surface area contributed by atoms with E-state index in [-0.39, 0.29) is 24.3 Å².